The fraction of sp³-hybridized carbons (Fsp3) is 0.545. The molecule has 92 valence electrons. The minimum absolute atomic E-state index is 0.0629. The number of hydrogen-bond donors (Lipinski definition) is 3. The van der Waals surface area contributed by atoms with E-state index < -0.39 is 5.97 Å². The van der Waals surface area contributed by atoms with E-state index in [1.165, 1.54) is 12.4 Å². The van der Waals surface area contributed by atoms with Crippen molar-refractivity contribution in [2.45, 2.75) is 19.3 Å². The van der Waals surface area contributed by atoms with Gasteiger partial charge in [0.25, 0.3) is 0 Å². The van der Waals surface area contributed by atoms with Crippen LogP contribution in [0.25, 0.3) is 0 Å². The molecular formula is C11H15N3O3. The van der Waals surface area contributed by atoms with Crippen LogP contribution in [0, 0.1) is 5.41 Å². The highest BCUT2D eigenvalue weighted by molar-refractivity contribution is 5.84. The Morgan fingerprint density at radius 2 is 2.18 bits per heavy atom. The van der Waals surface area contributed by atoms with Crippen LogP contribution < -0.4 is 5.32 Å². The van der Waals surface area contributed by atoms with E-state index in [0.29, 0.717) is 5.82 Å². The van der Waals surface area contributed by atoms with Gasteiger partial charge in [-0.1, -0.05) is 0 Å². The van der Waals surface area contributed by atoms with Gasteiger partial charge in [-0.05, 0) is 24.7 Å². The summed E-state index contributed by atoms with van der Waals surface area (Å²) in [6, 6.07) is 0. The molecule has 1 fully saturated rings. The van der Waals surface area contributed by atoms with Crippen LogP contribution in [-0.2, 0) is 0 Å². The van der Waals surface area contributed by atoms with Crippen molar-refractivity contribution in [2.75, 3.05) is 18.5 Å². The number of aromatic nitrogens is 2. The van der Waals surface area contributed by atoms with Gasteiger partial charge in [-0.25, -0.2) is 14.8 Å². The summed E-state index contributed by atoms with van der Waals surface area (Å²) in [7, 11) is 0. The molecule has 1 aliphatic carbocycles. The molecule has 0 radical (unpaired) electrons. The molecular weight excluding hydrogens is 222 g/mol. The van der Waals surface area contributed by atoms with Gasteiger partial charge in [-0.2, -0.15) is 0 Å². The van der Waals surface area contributed by atoms with Gasteiger partial charge in [-0.3, -0.25) is 0 Å². The average molecular weight is 237 g/mol. The molecule has 0 saturated heterocycles. The Bertz CT molecular complexity index is 401. The van der Waals surface area contributed by atoms with Crippen LogP contribution in [0.5, 0.6) is 0 Å². The maximum Gasteiger partial charge on any atom is 0.356 e. The Kier molecular flexibility index (Phi) is 3.23. The Labute approximate surface area is 98.7 Å². The fourth-order valence-corrected chi connectivity index (χ4v) is 1.74. The highest BCUT2D eigenvalue weighted by atomic mass is 16.4. The number of nitrogens with zero attached hydrogens (tertiary/aromatic N) is 2. The third-order valence-electron chi connectivity index (χ3n) is 3.11. The second-order valence-corrected chi connectivity index (χ2v) is 4.42. The van der Waals surface area contributed by atoms with Crippen LogP contribution in [0.1, 0.15) is 29.8 Å². The van der Waals surface area contributed by atoms with Crippen molar-refractivity contribution in [1.82, 2.24) is 9.97 Å². The third kappa shape index (κ3) is 2.91. The molecule has 17 heavy (non-hydrogen) atoms. The van der Waals surface area contributed by atoms with Gasteiger partial charge in [0.15, 0.2) is 5.69 Å². The van der Waals surface area contributed by atoms with E-state index in [1.807, 2.05) is 0 Å². The quantitative estimate of drug-likeness (QED) is 0.675. The van der Waals surface area contributed by atoms with Gasteiger partial charge in [0.05, 0.1) is 12.4 Å². The second-order valence-electron chi connectivity index (χ2n) is 4.42. The van der Waals surface area contributed by atoms with Crippen molar-refractivity contribution in [3.05, 3.63) is 18.1 Å². The Balaban J connectivity index is 1.89. The van der Waals surface area contributed by atoms with Crippen LogP contribution in [0.2, 0.25) is 0 Å². The van der Waals surface area contributed by atoms with Crippen molar-refractivity contribution >= 4 is 11.8 Å². The van der Waals surface area contributed by atoms with Gasteiger partial charge in [0, 0.05) is 13.2 Å². The first kappa shape index (κ1) is 11.8. The molecule has 1 aromatic heterocycles. The number of carboxylic acid groups (broad SMARTS) is 1. The first-order valence-corrected chi connectivity index (χ1v) is 5.55. The first-order valence-electron chi connectivity index (χ1n) is 5.55. The SMILES string of the molecule is O=C(O)c1cnc(NCC2(CCO)CC2)cn1. The number of hydrogen-bond acceptors (Lipinski definition) is 5. The highest BCUT2D eigenvalue weighted by Gasteiger charge is 2.41. The van der Waals surface area contributed by atoms with E-state index in [1.54, 1.807) is 0 Å². The summed E-state index contributed by atoms with van der Waals surface area (Å²) in [6.45, 7) is 0.944. The lowest BCUT2D eigenvalue weighted by Gasteiger charge is -2.14. The molecule has 2 rings (SSSR count). The summed E-state index contributed by atoms with van der Waals surface area (Å²) in [5.74, 6) is -0.512. The molecule has 0 bridgehead atoms. The molecule has 1 aliphatic rings. The number of aliphatic hydroxyl groups is 1. The summed E-state index contributed by atoms with van der Waals surface area (Å²) < 4.78 is 0. The van der Waals surface area contributed by atoms with Crippen LogP contribution in [-0.4, -0.2) is 39.3 Å². The molecule has 0 aromatic carbocycles. The minimum atomic E-state index is -1.08. The Morgan fingerprint density at radius 1 is 1.41 bits per heavy atom. The van der Waals surface area contributed by atoms with Crippen LogP contribution >= 0.6 is 0 Å². The lowest BCUT2D eigenvalue weighted by Crippen LogP contribution is -2.17. The number of aliphatic hydroxyl groups excluding tert-OH is 1. The van der Waals surface area contributed by atoms with Crippen molar-refractivity contribution in [3.63, 3.8) is 0 Å². The Hall–Kier alpha value is -1.69. The molecule has 0 amide bonds. The molecule has 0 atom stereocenters. The van der Waals surface area contributed by atoms with Crippen LogP contribution in [0.3, 0.4) is 0 Å². The third-order valence-corrected chi connectivity index (χ3v) is 3.11. The number of carbonyl (C=O) groups is 1. The van der Waals surface area contributed by atoms with Gasteiger partial charge in [0.1, 0.15) is 5.82 Å². The molecule has 1 heterocycles. The Morgan fingerprint density at radius 3 is 2.65 bits per heavy atom. The fourth-order valence-electron chi connectivity index (χ4n) is 1.74. The molecule has 0 spiro atoms. The van der Waals surface area contributed by atoms with E-state index in [0.717, 1.165) is 25.8 Å². The number of aromatic carboxylic acids is 1. The van der Waals surface area contributed by atoms with Crippen LogP contribution in [0.4, 0.5) is 5.82 Å². The molecule has 0 unspecified atom stereocenters. The lowest BCUT2D eigenvalue weighted by atomic mass is 10.0. The monoisotopic (exact) mass is 237 g/mol. The zero-order valence-corrected chi connectivity index (χ0v) is 9.39. The maximum atomic E-state index is 10.6. The second kappa shape index (κ2) is 4.67. The molecule has 3 N–H and O–H groups in total. The molecule has 0 aliphatic heterocycles. The number of carboxylic acids is 1. The summed E-state index contributed by atoms with van der Waals surface area (Å²) in [5.41, 5.74) is 0.133. The van der Waals surface area contributed by atoms with Crippen molar-refractivity contribution in [2.24, 2.45) is 5.41 Å². The van der Waals surface area contributed by atoms with Gasteiger partial charge in [0.2, 0.25) is 0 Å². The molecule has 6 heteroatoms. The smallest absolute Gasteiger partial charge is 0.356 e. The summed E-state index contributed by atoms with van der Waals surface area (Å²) in [6.07, 6.45) is 5.66. The van der Waals surface area contributed by atoms with Gasteiger partial charge < -0.3 is 15.5 Å². The number of nitrogens with one attached hydrogen (secondary N) is 1. The zero-order chi connectivity index (χ0) is 12.3. The normalized spacial score (nSPS) is 16.5. The van der Waals surface area contributed by atoms with E-state index in [2.05, 4.69) is 15.3 Å². The van der Waals surface area contributed by atoms with Crippen molar-refractivity contribution in [3.8, 4) is 0 Å². The maximum absolute atomic E-state index is 10.6. The standard InChI is InChI=1S/C11H15N3O3/c15-4-3-11(1-2-11)7-14-9-6-12-8(5-13-9)10(16)17/h5-6,15H,1-4,7H2,(H,13,14)(H,16,17). The first-order chi connectivity index (χ1) is 8.15. The van der Waals surface area contributed by atoms with E-state index in [4.69, 9.17) is 10.2 Å². The van der Waals surface area contributed by atoms with Gasteiger partial charge >= 0.3 is 5.97 Å². The van der Waals surface area contributed by atoms with Gasteiger partial charge in [-0.15, -0.1) is 0 Å². The molecule has 1 saturated carbocycles. The minimum Gasteiger partial charge on any atom is -0.476 e. The molecule has 6 nitrogen and oxygen atoms in total. The van der Waals surface area contributed by atoms with E-state index >= 15 is 0 Å². The number of anilines is 1. The van der Waals surface area contributed by atoms with E-state index in [-0.39, 0.29) is 17.7 Å². The summed E-state index contributed by atoms with van der Waals surface area (Å²) in [4.78, 5) is 18.3. The molecule has 1 aromatic rings. The van der Waals surface area contributed by atoms with E-state index in [9.17, 15) is 4.79 Å². The summed E-state index contributed by atoms with van der Waals surface area (Å²) >= 11 is 0. The largest absolute Gasteiger partial charge is 0.476 e. The van der Waals surface area contributed by atoms with Crippen molar-refractivity contribution in [1.29, 1.82) is 0 Å². The highest BCUT2D eigenvalue weighted by Crippen LogP contribution is 2.48. The average Bonchev–Trinajstić information content (AvgIpc) is 3.08. The topological polar surface area (TPSA) is 95.3 Å². The predicted molar refractivity (Wildman–Crippen MR) is 60.9 cm³/mol. The summed E-state index contributed by atoms with van der Waals surface area (Å²) in [5, 5.41) is 20.7. The lowest BCUT2D eigenvalue weighted by molar-refractivity contribution is 0.0690. The van der Waals surface area contributed by atoms with Crippen molar-refractivity contribution < 1.29 is 15.0 Å². The predicted octanol–water partition coefficient (Wildman–Crippen LogP) is 0.749. The zero-order valence-electron chi connectivity index (χ0n) is 9.39. The number of rotatable bonds is 6. The van der Waals surface area contributed by atoms with Crippen LogP contribution in [0.15, 0.2) is 12.4 Å².